The molecule has 0 spiro atoms. The first-order chi connectivity index (χ1) is 14.8. The zero-order valence-corrected chi connectivity index (χ0v) is 18.7. The highest BCUT2D eigenvalue weighted by Crippen LogP contribution is 2.33. The minimum atomic E-state index is -0.370. The summed E-state index contributed by atoms with van der Waals surface area (Å²) < 4.78 is 4.64. The van der Waals surface area contributed by atoms with Crippen LogP contribution in [-0.4, -0.2) is 55.4 Å². The fourth-order valence-corrected chi connectivity index (χ4v) is 3.42. The van der Waals surface area contributed by atoms with Gasteiger partial charge in [-0.3, -0.25) is 19.9 Å². The predicted octanol–water partition coefficient (Wildman–Crippen LogP) is 2.82. The summed E-state index contributed by atoms with van der Waals surface area (Å²) in [5.74, 6) is -0.630. The van der Waals surface area contributed by atoms with E-state index in [1.54, 1.807) is 28.0 Å². The van der Waals surface area contributed by atoms with Gasteiger partial charge in [-0.1, -0.05) is 30.3 Å². The summed E-state index contributed by atoms with van der Waals surface area (Å²) in [6, 6.07) is 12.4. The van der Waals surface area contributed by atoms with Gasteiger partial charge in [0.2, 0.25) is 5.91 Å². The van der Waals surface area contributed by atoms with Gasteiger partial charge in [0.25, 0.3) is 0 Å². The number of hydrogen-bond donors (Lipinski definition) is 3. The number of nitrogens with one attached hydrogen (secondary N) is 2. The van der Waals surface area contributed by atoms with Gasteiger partial charge in [-0.15, -0.1) is 12.4 Å². The second kappa shape index (κ2) is 10.6. The monoisotopic (exact) mass is 459 g/mol. The minimum Gasteiger partial charge on any atom is -0.469 e. The molecule has 32 heavy (non-hydrogen) atoms. The number of methoxy groups -OCH3 is 1. The number of nitrogen functional groups attached to an aromatic ring is 1. The number of rotatable bonds is 7. The van der Waals surface area contributed by atoms with Crippen LogP contribution in [-0.2, 0) is 14.3 Å². The maximum atomic E-state index is 12.9. The number of amidine groups is 1. The Balaban J connectivity index is 0.00000363. The smallest absolute Gasteiger partial charge is 0.324 e. The van der Waals surface area contributed by atoms with Gasteiger partial charge < -0.3 is 20.7 Å². The van der Waals surface area contributed by atoms with Crippen LogP contribution in [0.15, 0.2) is 42.5 Å². The van der Waals surface area contributed by atoms with E-state index in [0.29, 0.717) is 30.0 Å². The van der Waals surface area contributed by atoms with Gasteiger partial charge in [-0.2, -0.15) is 0 Å². The number of esters is 1. The zero-order chi connectivity index (χ0) is 22.5. The SMILES string of the molecule is COC(=O)CCN1CCN(c2ccc(-c3ccc(C(=N)N)cc3)cc2NC(C)=O)C1=O.Cl. The van der Waals surface area contributed by atoms with Crippen molar-refractivity contribution in [1.29, 1.82) is 5.41 Å². The van der Waals surface area contributed by atoms with Gasteiger partial charge in [-0.05, 0) is 23.3 Å². The Morgan fingerprint density at radius 3 is 2.38 bits per heavy atom. The van der Waals surface area contributed by atoms with E-state index in [1.165, 1.54) is 14.0 Å². The number of halogens is 1. The molecular formula is C22H26ClN5O4. The standard InChI is InChI=1S/C22H25N5O4.ClH/c1-14(28)25-18-13-17(15-3-5-16(6-4-15)21(23)24)7-8-19(18)27-12-11-26(22(27)30)10-9-20(29)31-2;/h3-8,13H,9-12H2,1-2H3,(H3,23,24)(H,25,28);1H. The van der Waals surface area contributed by atoms with E-state index < -0.39 is 0 Å². The lowest BCUT2D eigenvalue weighted by Crippen LogP contribution is -2.33. The Labute approximate surface area is 192 Å². The van der Waals surface area contributed by atoms with Crippen molar-refractivity contribution in [2.75, 3.05) is 37.0 Å². The average molecular weight is 460 g/mol. The van der Waals surface area contributed by atoms with Crippen LogP contribution in [0.1, 0.15) is 18.9 Å². The summed E-state index contributed by atoms with van der Waals surface area (Å²) in [4.78, 5) is 39.2. The Morgan fingerprint density at radius 2 is 1.78 bits per heavy atom. The van der Waals surface area contributed by atoms with Gasteiger partial charge in [0, 0.05) is 32.1 Å². The van der Waals surface area contributed by atoms with Crippen molar-refractivity contribution in [2.24, 2.45) is 5.73 Å². The second-order valence-electron chi connectivity index (χ2n) is 7.15. The first kappa shape index (κ1) is 24.7. The minimum absolute atomic E-state index is 0. The molecule has 3 amide bonds. The molecular weight excluding hydrogens is 434 g/mol. The van der Waals surface area contributed by atoms with Crippen molar-refractivity contribution in [3.8, 4) is 11.1 Å². The van der Waals surface area contributed by atoms with Crippen molar-refractivity contribution < 1.29 is 19.1 Å². The van der Waals surface area contributed by atoms with Gasteiger partial charge in [0.15, 0.2) is 0 Å². The molecule has 3 rings (SSSR count). The topological polar surface area (TPSA) is 129 Å². The highest BCUT2D eigenvalue weighted by atomic mass is 35.5. The normalized spacial score (nSPS) is 12.9. The summed E-state index contributed by atoms with van der Waals surface area (Å²) in [5.41, 5.74) is 8.97. The molecule has 170 valence electrons. The molecule has 0 aliphatic carbocycles. The molecule has 1 heterocycles. The number of carbonyl (C=O) groups excluding carboxylic acids is 3. The van der Waals surface area contributed by atoms with Gasteiger partial charge >= 0.3 is 12.0 Å². The zero-order valence-electron chi connectivity index (χ0n) is 17.9. The van der Waals surface area contributed by atoms with E-state index in [-0.39, 0.29) is 49.1 Å². The number of urea groups is 1. The molecule has 2 aromatic carbocycles. The molecule has 9 nitrogen and oxygen atoms in total. The summed E-state index contributed by atoms with van der Waals surface area (Å²) >= 11 is 0. The number of nitrogens with zero attached hydrogens (tertiary/aromatic N) is 2. The van der Waals surface area contributed by atoms with E-state index in [2.05, 4.69) is 10.1 Å². The molecule has 4 N–H and O–H groups in total. The van der Waals surface area contributed by atoms with Crippen molar-refractivity contribution in [3.63, 3.8) is 0 Å². The van der Waals surface area contributed by atoms with Crippen LogP contribution in [0.4, 0.5) is 16.2 Å². The van der Waals surface area contributed by atoms with Crippen LogP contribution in [0, 0.1) is 5.41 Å². The lowest BCUT2D eigenvalue weighted by Gasteiger charge is -2.22. The van der Waals surface area contributed by atoms with Crippen LogP contribution in [0.2, 0.25) is 0 Å². The second-order valence-corrected chi connectivity index (χ2v) is 7.15. The van der Waals surface area contributed by atoms with Gasteiger partial charge in [-0.25, -0.2) is 4.79 Å². The van der Waals surface area contributed by atoms with Crippen molar-refractivity contribution in [3.05, 3.63) is 48.0 Å². The largest absolute Gasteiger partial charge is 0.469 e. The van der Waals surface area contributed by atoms with E-state index in [0.717, 1.165) is 11.1 Å². The van der Waals surface area contributed by atoms with E-state index >= 15 is 0 Å². The number of amides is 3. The molecule has 0 bridgehead atoms. The third-order valence-electron chi connectivity index (χ3n) is 5.04. The highest BCUT2D eigenvalue weighted by molar-refractivity contribution is 6.02. The Kier molecular flexibility index (Phi) is 8.20. The lowest BCUT2D eigenvalue weighted by molar-refractivity contribution is -0.140. The molecule has 2 aromatic rings. The van der Waals surface area contributed by atoms with E-state index in [4.69, 9.17) is 11.1 Å². The first-order valence-corrected chi connectivity index (χ1v) is 9.80. The fourth-order valence-electron chi connectivity index (χ4n) is 3.42. The third-order valence-corrected chi connectivity index (χ3v) is 5.04. The van der Waals surface area contributed by atoms with Gasteiger partial charge in [0.1, 0.15) is 5.84 Å². The molecule has 0 atom stereocenters. The molecule has 1 aliphatic heterocycles. The predicted molar refractivity (Wildman–Crippen MR) is 125 cm³/mol. The van der Waals surface area contributed by atoms with Crippen LogP contribution >= 0.6 is 12.4 Å². The van der Waals surface area contributed by atoms with Crippen LogP contribution in [0.5, 0.6) is 0 Å². The maximum absolute atomic E-state index is 12.9. The van der Waals surface area contributed by atoms with Crippen LogP contribution in [0.3, 0.4) is 0 Å². The highest BCUT2D eigenvalue weighted by Gasteiger charge is 2.31. The number of nitrogens with two attached hydrogens (primary N) is 1. The molecule has 10 heteroatoms. The summed E-state index contributed by atoms with van der Waals surface area (Å²) in [6.45, 7) is 2.60. The van der Waals surface area contributed by atoms with E-state index in [9.17, 15) is 14.4 Å². The van der Waals surface area contributed by atoms with Crippen molar-refractivity contribution in [1.82, 2.24) is 4.90 Å². The molecule has 0 saturated carbocycles. The molecule has 0 radical (unpaired) electrons. The number of benzene rings is 2. The van der Waals surface area contributed by atoms with Gasteiger partial charge in [0.05, 0.1) is 24.9 Å². The Hall–Kier alpha value is -3.59. The third kappa shape index (κ3) is 5.55. The molecule has 1 saturated heterocycles. The Morgan fingerprint density at radius 1 is 1.12 bits per heavy atom. The van der Waals surface area contributed by atoms with E-state index in [1.807, 2.05) is 24.3 Å². The maximum Gasteiger partial charge on any atom is 0.324 e. The average Bonchev–Trinajstić information content (AvgIpc) is 3.11. The van der Waals surface area contributed by atoms with Crippen molar-refractivity contribution >= 4 is 47.5 Å². The summed E-state index contributed by atoms with van der Waals surface area (Å²) in [6.07, 6.45) is 0.129. The molecule has 0 unspecified atom stereocenters. The first-order valence-electron chi connectivity index (χ1n) is 9.80. The number of ether oxygens (including phenoxy) is 1. The molecule has 0 aromatic heterocycles. The summed E-state index contributed by atoms with van der Waals surface area (Å²) in [5, 5.41) is 10.3. The summed E-state index contributed by atoms with van der Waals surface area (Å²) in [7, 11) is 1.31. The molecule has 1 aliphatic rings. The Bertz CT molecular complexity index is 1030. The molecule has 1 fully saturated rings. The fraction of sp³-hybridized carbons (Fsp3) is 0.273. The van der Waals surface area contributed by atoms with Crippen molar-refractivity contribution in [2.45, 2.75) is 13.3 Å². The number of carbonyl (C=O) groups is 3. The van der Waals surface area contributed by atoms with Crippen LogP contribution < -0.4 is 16.0 Å². The quantitative estimate of drug-likeness (QED) is 0.333. The lowest BCUT2D eigenvalue weighted by atomic mass is 10.0. The van der Waals surface area contributed by atoms with Crippen LogP contribution in [0.25, 0.3) is 11.1 Å². The number of anilines is 2. The number of hydrogen-bond acceptors (Lipinski definition) is 5.